The molecule has 0 aliphatic rings. The highest BCUT2D eigenvalue weighted by atomic mass is 16.6. The number of rotatable bonds is 6. The highest BCUT2D eigenvalue weighted by Gasteiger charge is 2.17. The van der Waals surface area contributed by atoms with Gasteiger partial charge >= 0.3 is 5.69 Å². The molecule has 0 atom stereocenters. The van der Waals surface area contributed by atoms with Gasteiger partial charge in [-0.15, -0.1) is 12.3 Å². The van der Waals surface area contributed by atoms with E-state index in [9.17, 15) is 10.1 Å². The number of nitro groups is 1. The topological polar surface area (TPSA) is 77.3 Å². The molecular weight excluding hydrogens is 222 g/mol. The molecule has 17 heavy (non-hydrogen) atoms. The monoisotopic (exact) mass is 235 g/mol. The summed E-state index contributed by atoms with van der Waals surface area (Å²) >= 11 is 0. The van der Waals surface area contributed by atoms with E-state index in [1.807, 2.05) is 6.92 Å². The Balaban J connectivity index is 2.91. The summed E-state index contributed by atoms with van der Waals surface area (Å²) in [5.41, 5.74) is -0.163. The van der Waals surface area contributed by atoms with Crippen molar-refractivity contribution in [1.82, 2.24) is 4.98 Å². The van der Waals surface area contributed by atoms with Crippen LogP contribution in [0.3, 0.4) is 0 Å². The first-order valence-corrected chi connectivity index (χ1v) is 5.14. The largest absolute Gasteiger partial charge is 0.472 e. The number of ether oxygens (including phenoxy) is 1. The summed E-state index contributed by atoms with van der Waals surface area (Å²) in [6.45, 7) is 2.79. The van der Waals surface area contributed by atoms with Crippen LogP contribution in [0.2, 0.25) is 0 Å². The maximum absolute atomic E-state index is 10.7. The van der Waals surface area contributed by atoms with Gasteiger partial charge in [0.25, 0.3) is 5.88 Å². The summed E-state index contributed by atoms with van der Waals surface area (Å²) in [6, 6.07) is 2.89. The van der Waals surface area contributed by atoms with Crippen LogP contribution in [0.1, 0.15) is 13.3 Å². The average Bonchev–Trinajstić information content (AvgIpc) is 2.30. The second-order valence-corrected chi connectivity index (χ2v) is 3.11. The molecule has 0 bridgehead atoms. The maximum Gasteiger partial charge on any atom is 0.331 e. The smallest absolute Gasteiger partial charge is 0.331 e. The molecule has 1 rings (SSSR count). The summed E-state index contributed by atoms with van der Waals surface area (Å²) < 4.78 is 5.19. The van der Waals surface area contributed by atoms with Crippen LogP contribution in [-0.2, 0) is 0 Å². The van der Waals surface area contributed by atoms with Crippen LogP contribution in [0, 0.1) is 22.5 Å². The van der Waals surface area contributed by atoms with Crippen LogP contribution >= 0.6 is 0 Å². The second-order valence-electron chi connectivity index (χ2n) is 3.11. The highest BCUT2D eigenvalue weighted by Crippen LogP contribution is 2.26. The maximum atomic E-state index is 10.7. The predicted molar refractivity (Wildman–Crippen MR) is 64.0 cm³/mol. The van der Waals surface area contributed by atoms with E-state index in [4.69, 9.17) is 11.2 Å². The standard InChI is InChI=1S/C11H13N3O3/c1-3-5-8-17-11-9(14(15)16)6-7-10(13-11)12-4-2/h1,6-7H,4-5,8H2,2H3,(H,12,13). The lowest BCUT2D eigenvalue weighted by Crippen LogP contribution is -2.05. The van der Waals surface area contributed by atoms with E-state index < -0.39 is 4.92 Å². The minimum absolute atomic E-state index is 0.0105. The van der Waals surface area contributed by atoms with E-state index in [0.717, 1.165) is 0 Å². The first kappa shape index (κ1) is 12.8. The Labute approximate surface area is 99.2 Å². The van der Waals surface area contributed by atoms with Crippen molar-refractivity contribution < 1.29 is 9.66 Å². The van der Waals surface area contributed by atoms with E-state index in [1.165, 1.54) is 12.1 Å². The van der Waals surface area contributed by atoms with Crippen LogP contribution in [-0.4, -0.2) is 23.1 Å². The molecule has 0 saturated heterocycles. The zero-order chi connectivity index (χ0) is 12.7. The van der Waals surface area contributed by atoms with Gasteiger partial charge in [0.15, 0.2) is 0 Å². The van der Waals surface area contributed by atoms with Gasteiger partial charge in [0.2, 0.25) is 0 Å². The molecule has 0 aliphatic heterocycles. The molecule has 1 aromatic rings. The molecule has 1 heterocycles. The molecule has 0 amide bonds. The minimum atomic E-state index is -0.534. The van der Waals surface area contributed by atoms with Crippen molar-refractivity contribution >= 4 is 11.5 Å². The molecule has 1 N–H and O–H groups in total. The van der Waals surface area contributed by atoms with E-state index >= 15 is 0 Å². The minimum Gasteiger partial charge on any atom is -0.472 e. The molecule has 0 fully saturated rings. The van der Waals surface area contributed by atoms with Gasteiger partial charge in [0, 0.05) is 19.0 Å². The quantitative estimate of drug-likeness (QED) is 0.352. The number of hydrogen-bond donors (Lipinski definition) is 1. The van der Waals surface area contributed by atoms with E-state index in [-0.39, 0.29) is 18.2 Å². The normalized spacial score (nSPS) is 9.41. The third-order valence-corrected chi connectivity index (χ3v) is 1.88. The Bertz CT molecular complexity index is 440. The molecule has 6 nitrogen and oxygen atoms in total. The van der Waals surface area contributed by atoms with Gasteiger partial charge in [-0.2, -0.15) is 4.98 Å². The number of pyridine rings is 1. The molecule has 0 saturated carbocycles. The van der Waals surface area contributed by atoms with Gasteiger partial charge in [-0.05, 0) is 13.0 Å². The fourth-order valence-electron chi connectivity index (χ4n) is 1.16. The number of anilines is 1. The molecule has 0 aliphatic carbocycles. The lowest BCUT2D eigenvalue weighted by Gasteiger charge is -2.07. The zero-order valence-corrected chi connectivity index (χ0v) is 9.47. The van der Waals surface area contributed by atoms with Gasteiger partial charge in [-0.1, -0.05) is 0 Å². The average molecular weight is 235 g/mol. The third kappa shape index (κ3) is 3.65. The fraction of sp³-hybridized carbons (Fsp3) is 0.364. The van der Waals surface area contributed by atoms with Crippen molar-refractivity contribution in [2.24, 2.45) is 0 Å². The summed E-state index contributed by atoms with van der Waals surface area (Å²) in [5, 5.41) is 13.7. The predicted octanol–water partition coefficient (Wildman–Crippen LogP) is 1.82. The van der Waals surface area contributed by atoms with E-state index in [2.05, 4.69) is 16.2 Å². The molecular formula is C11H13N3O3. The Morgan fingerprint density at radius 1 is 1.65 bits per heavy atom. The van der Waals surface area contributed by atoms with Gasteiger partial charge in [-0.3, -0.25) is 10.1 Å². The number of terminal acetylenes is 1. The SMILES string of the molecule is C#CCCOc1nc(NCC)ccc1[N+](=O)[O-]. The number of nitrogens with zero attached hydrogens (tertiary/aromatic N) is 2. The van der Waals surface area contributed by atoms with Crippen molar-refractivity contribution in [2.75, 3.05) is 18.5 Å². The molecule has 0 aromatic carbocycles. The summed E-state index contributed by atoms with van der Waals surface area (Å²) in [5.74, 6) is 2.91. The van der Waals surface area contributed by atoms with Crippen LogP contribution in [0.25, 0.3) is 0 Å². The van der Waals surface area contributed by atoms with Crippen LogP contribution in [0.5, 0.6) is 5.88 Å². The Morgan fingerprint density at radius 3 is 3.00 bits per heavy atom. The number of aromatic nitrogens is 1. The van der Waals surface area contributed by atoms with Gasteiger partial charge in [-0.25, -0.2) is 0 Å². The fourth-order valence-corrected chi connectivity index (χ4v) is 1.16. The van der Waals surface area contributed by atoms with Crippen molar-refractivity contribution in [3.63, 3.8) is 0 Å². The molecule has 90 valence electrons. The molecule has 1 aromatic heterocycles. The Kier molecular flexibility index (Phi) is 4.76. The van der Waals surface area contributed by atoms with Crippen molar-refractivity contribution in [2.45, 2.75) is 13.3 Å². The van der Waals surface area contributed by atoms with E-state index in [1.54, 1.807) is 0 Å². The van der Waals surface area contributed by atoms with Crippen LogP contribution in [0.15, 0.2) is 12.1 Å². The van der Waals surface area contributed by atoms with Gasteiger partial charge in [0.05, 0.1) is 4.92 Å². The molecule has 0 radical (unpaired) electrons. The van der Waals surface area contributed by atoms with Crippen LogP contribution < -0.4 is 10.1 Å². The van der Waals surface area contributed by atoms with E-state index in [0.29, 0.717) is 18.8 Å². The Morgan fingerprint density at radius 2 is 2.41 bits per heavy atom. The first-order chi connectivity index (χ1) is 8.19. The van der Waals surface area contributed by atoms with Crippen molar-refractivity contribution in [3.05, 3.63) is 22.2 Å². The molecule has 6 heteroatoms. The van der Waals surface area contributed by atoms with Gasteiger partial charge in [0.1, 0.15) is 12.4 Å². The first-order valence-electron chi connectivity index (χ1n) is 5.14. The zero-order valence-electron chi connectivity index (χ0n) is 9.47. The molecule has 0 spiro atoms. The molecule has 0 unspecified atom stereocenters. The second kappa shape index (κ2) is 6.33. The summed E-state index contributed by atoms with van der Waals surface area (Å²) in [6.07, 6.45) is 5.45. The highest BCUT2D eigenvalue weighted by molar-refractivity contribution is 5.49. The summed E-state index contributed by atoms with van der Waals surface area (Å²) in [4.78, 5) is 14.2. The Hall–Kier alpha value is -2.29. The van der Waals surface area contributed by atoms with Crippen molar-refractivity contribution in [3.8, 4) is 18.2 Å². The van der Waals surface area contributed by atoms with Crippen molar-refractivity contribution in [1.29, 1.82) is 0 Å². The number of hydrogen-bond acceptors (Lipinski definition) is 5. The number of nitrogens with one attached hydrogen (secondary N) is 1. The van der Waals surface area contributed by atoms with Gasteiger partial charge < -0.3 is 10.1 Å². The lowest BCUT2D eigenvalue weighted by molar-refractivity contribution is -0.386. The van der Waals surface area contributed by atoms with Crippen LogP contribution in [0.4, 0.5) is 11.5 Å². The third-order valence-electron chi connectivity index (χ3n) is 1.88. The lowest BCUT2D eigenvalue weighted by atomic mass is 10.4. The summed E-state index contributed by atoms with van der Waals surface area (Å²) in [7, 11) is 0.